The van der Waals surface area contributed by atoms with E-state index in [-0.39, 0.29) is 11.7 Å². The second-order valence-corrected chi connectivity index (χ2v) is 5.72. The molecule has 0 saturated carbocycles. The third-order valence-corrected chi connectivity index (χ3v) is 3.97. The quantitative estimate of drug-likeness (QED) is 0.741. The zero-order valence-electron chi connectivity index (χ0n) is 15.1. The molecule has 7 heteroatoms. The number of benzene rings is 2. The third kappa shape index (κ3) is 4.03. The minimum absolute atomic E-state index is 0.332. The Hall–Kier alpha value is -3.48. The second kappa shape index (κ2) is 7.82. The molecule has 3 rings (SSSR count). The lowest BCUT2D eigenvalue weighted by Crippen LogP contribution is -2.15. The van der Waals surface area contributed by atoms with Gasteiger partial charge in [-0.2, -0.15) is 0 Å². The Kier molecular flexibility index (Phi) is 5.30. The van der Waals surface area contributed by atoms with Crippen molar-refractivity contribution in [3.8, 4) is 22.9 Å². The van der Waals surface area contributed by atoms with Gasteiger partial charge in [-0.15, -0.1) is 0 Å². The zero-order valence-corrected chi connectivity index (χ0v) is 15.1. The number of nitrogens with zero attached hydrogens (tertiary/aromatic N) is 2. The molecule has 0 aliphatic rings. The van der Waals surface area contributed by atoms with Crippen molar-refractivity contribution in [3.63, 3.8) is 0 Å². The topological polar surface area (TPSA) is 73.3 Å². The van der Waals surface area contributed by atoms with Gasteiger partial charge in [0.2, 0.25) is 0 Å². The molecule has 6 nitrogen and oxygen atoms in total. The number of carbonyl (C=O) groups is 1. The van der Waals surface area contributed by atoms with Gasteiger partial charge < -0.3 is 14.8 Å². The number of methoxy groups -OCH3 is 2. The van der Waals surface area contributed by atoms with Gasteiger partial charge in [-0.1, -0.05) is 0 Å². The minimum atomic E-state index is -0.342. The van der Waals surface area contributed by atoms with Gasteiger partial charge in [0.15, 0.2) is 17.3 Å². The molecule has 0 saturated heterocycles. The number of hydrogen-bond donors (Lipinski definition) is 1. The Morgan fingerprint density at radius 2 is 1.74 bits per heavy atom. The SMILES string of the molecule is COc1ccc(NC(=O)c2cnc(-c3ccc(F)cc3)nc2C)cc1OC. The van der Waals surface area contributed by atoms with Crippen molar-refractivity contribution in [1.29, 1.82) is 0 Å². The van der Waals surface area contributed by atoms with E-state index in [1.54, 1.807) is 44.4 Å². The highest BCUT2D eigenvalue weighted by Crippen LogP contribution is 2.30. The first kappa shape index (κ1) is 18.3. The second-order valence-electron chi connectivity index (χ2n) is 5.72. The Morgan fingerprint density at radius 3 is 2.37 bits per heavy atom. The molecule has 3 aromatic rings. The Balaban J connectivity index is 1.82. The molecule has 0 aliphatic heterocycles. The number of anilines is 1. The van der Waals surface area contributed by atoms with Gasteiger partial charge in [-0.05, 0) is 43.3 Å². The summed E-state index contributed by atoms with van der Waals surface area (Å²) in [4.78, 5) is 21.2. The van der Waals surface area contributed by atoms with Crippen molar-refractivity contribution in [3.05, 3.63) is 65.7 Å². The third-order valence-electron chi connectivity index (χ3n) is 3.97. The zero-order chi connectivity index (χ0) is 19.4. The lowest BCUT2D eigenvalue weighted by Gasteiger charge is -2.11. The number of ether oxygens (including phenoxy) is 2. The molecule has 1 amide bonds. The molecule has 0 radical (unpaired) electrons. The van der Waals surface area contributed by atoms with Crippen LogP contribution in [0.4, 0.5) is 10.1 Å². The minimum Gasteiger partial charge on any atom is -0.493 e. The fourth-order valence-corrected chi connectivity index (χ4v) is 2.54. The van der Waals surface area contributed by atoms with Crippen LogP contribution < -0.4 is 14.8 Å². The Morgan fingerprint density at radius 1 is 1.04 bits per heavy atom. The highest BCUT2D eigenvalue weighted by molar-refractivity contribution is 6.05. The van der Waals surface area contributed by atoms with Crippen LogP contribution in [-0.2, 0) is 0 Å². The molecule has 0 unspecified atom stereocenters. The van der Waals surface area contributed by atoms with Gasteiger partial charge in [0.1, 0.15) is 5.82 Å². The van der Waals surface area contributed by atoms with Crippen LogP contribution in [0.1, 0.15) is 16.1 Å². The molecular weight excluding hydrogens is 349 g/mol. The van der Waals surface area contributed by atoms with Crippen molar-refractivity contribution < 1.29 is 18.7 Å². The van der Waals surface area contributed by atoms with E-state index in [2.05, 4.69) is 15.3 Å². The number of aryl methyl sites for hydroxylation is 1. The van der Waals surface area contributed by atoms with E-state index < -0.39 is 0 Å². The van der Waals surface area contributed by atoms with Crippen molar-refractivity contribution >= 4 is 11.6 Å². The number of halogens is 1. The van der Waals surface area contributed by atoms with Gasteiger partial charge in [0.05, 0.1) is 25.5 Å². The van der Waals surface area contributed by atoms with Gasteiger partial charge in [0, 0.05) is 23.5 Å². The van der Waals surface area contributed by atoms with Gasteiger partial charge in [-0.25, -0.2) is 14.4 Å². The fourth-order valence-electron chi connectivity index (χ4n) is 2.54. The molecule has 0 atom stereocenters. The number of nitrogens with one attached hydrogen (secondary N) is 1. The molecule has 1 N–H and O–H groups in total. The molecule has 27 heavy (non-hydrogen) atoms. The first-order chi connectivity index (χ1) is 13.0. The monoisotopic (exact) mass is 367 g/mol. The first-order valence-electron chi connectivity index (χ1n) is 8.14. The van der Waals surface area contributed by atoms with E-state index in [0.29, 0.717) is 39.8 Å². The van der Waals surface area contributed by atoms with Crippen LogP contribution in [0, 0.1) is 12.7 Å². The summed E-state index contributed by atoms with van der Waals surface area (Å²) in [6, 6.07) is 10.9. The lowest BCUT2D eigenvalue weighted by molar-refractivity contribution is 0.102. The summed E-state index contributed by atoms with van der Waals surface area (Å²) in [5.74, 6) is 0.829. The number of amides is 1. The van der Waals surface area contributed by atoms with E-state index in [4.69, 9.17) is 9.47 Å². The molecule has 0 bridgehead atoms. The van der Waals surface area contributed by atoms with Crippen LogP contribution in [0.5, 0.6) is 11.5 Å². The summed E-state index contributed by atoms with van der Waals surface area (Å²) in [5.41, 5.74) is 2.09. The van der Waals surface area contributed by atoms with Crippen LogP contribution in [0.25, 0.3) is 11.4 Å². The highest BCUT2D eigenvalue weighted by Gasteiger charge is 2.14. The Labute approximate surface area is 156 Å². The fraction of sp³-hybridized carbons (Fsp3) is 0.150. The summed E-state index contributed by atoms with van der Waals surface area (Å²) in [5, 5.41) is 2.79. The Bertz CT molecular complexity index is 975. The standard InChI is InChI=1S/C20H18FN3O3/c1-12-16(11-22-19(23-12)13-4-6-14(21)7-5-13)20(25)24-15-8-9-17(26-2)18(10-15)27-3/h4-11H,1-3H3,(H,24,25). The average molecular weight is 367 g/mol. The van der Waals surface area contributed by atoms with Gasteiger partial charge in [0.25, 0.3) is 5.91 Å². The van der Waals surface area contributed by atoms with E-state index in [9.17, 15) is 9.18 Å². The van der Waals surface area contributed by atoms with Crippen LogP contribution in [-0.4, -0.2) is 30.1 Å². The number of aromatic nitrogens is 2. The summed E-state index contributed by atoms with van der Waals surface area (Å²) < 4.78 is 23.5. The maximum Gasteiger partial charge on any atom is 0.259 e. The van der Waals surface area contributed by atoms with Gasteiger partial charge >= 0.3 is 0 Å². The maximum atomic E-state index is 13.0. The summed E-state index contributed by atoms with van der Waals surface area (Å²) in [6.07, 6.45) is 1.46. The molecular formula is C20H18FN3O3. The first-order valence-corrected chi connectivity index (χ1v) is 8.14. The summed E-state index contributed by atoms with van der Waals surface area (Å²) in [7, 11) is 3.06. The molecule has 2 aromatic carbocycles. The van der Waals surface area contributed by atoms with Crippen LogP contribution in [0.15, 0.2) is 48.7 Å². The smallest absolute Gasteiger partial charge is 0.259 e. The number of rotatable bonds is 5. The van der Waals surface area contributed by atoms with E-state index in [1.165, 1.54) is 25.4 Å². The average Bonchev–Trinajstić information content (AvgIpc) is 2.68. The molecule has 1 aromatic heterocycles. The predicted octanol–water partition coefficient (Wildman–Crippen LogP) is 3.86. The van der Waals surface area contributed by atoms with Crippen LogP contribution in [0.2, 0.25) is 0 Å². The van der Waals surface area contributed by atoms with Crippen molar-refractivity contribution in [2.75, 3.05) is 19.5 Å². The molecule has 1 heterocycles. The predicted molar refractivity (Wildman–Crippen MR) is 99.7 cm³/mol. The highest BCUT2D eigenvalue weighted by atomic mass is 19.1. The lowest BCUT2D eigenvalue weighted by atomic mass is 10.1. The molecule has 0 spiro atoms. The molecule has 0 aliphatic carbocycles. The van der Waals surface area contributed by atoms with E-state index in [1.807, 2.05) is 0 Å². The van der Waals surface area contributed by atoms with E-state index >= 15 is 0 Å². The van der Waals surface area contributed by atoms with Gasteiger partial charge in [-0.3, -0.25) is 4.79 Å². The van der Waals surface area contributed by atoms with Crippen molar-refractivity contribution in [2.24, 2.45) is 0 Å². The molecule has 0 fully saturated rings. The van der Waals surface area contributed by atoms with Crippen LogP contribution >= 0.6 is 0 Å². The largest absolute Gasteiger partial charge is 0.493 e. The summed E-state index contributed by atoms with van der Waals surface area (Å²) >= 11 is 0. The maximum absolute atomic E-state index is 13.0. The van der Waals surface area contributed by atoms with E-state index in [0.717, 1.165) is 0 Å². The van der Waals surface area contributed by atoms with Crippen LogP contribution in [0.3, 0.4) is 0 Å². The molecule has 138 valence electrons. The van der Waals surface area contributed by atoms with Crippen molar-refractivity contribution in [1.82, 2.24) is 9.97 Å². The normalized spacial score (nSPS) is 10.4. The number of carbonyl (C=O) groups excluding carboxylic acids is 1. The number of hydrogen-bond acceptors (Lipinski definition) is 5. The van der Waals surface area contributed by atoms with Crippen molar-refractivity contribution in [2.45, 2.75) is 6.92 Å². The summed E-state index contributed by atoms with van der Waals surface area (Å²) in [6.45, 7) is 1.72.